The molecule has 1 aromatic carbocycles. The van der Waals surface area contributed by atoms with Crippen LogP contribution in [0.15, 0.2) is 6.07 Å². The summed E-state index contributed by atoms with van der Waals surface area (Å²) in [5, 5.41) is 11.9. The van der Waals surface area contributed by atoms with Gasteiger partial charge in [0, 0.05) is 24.7 Å². The summed E-state index contributed by atoms with van der Waals surface area (Å²) in [7, 11) is 4.46. The average molecular weight is 327 g/mol. The molecule has 130 valence electrons. The molecular weight excluding hydrogens is 302 g/mol. The van der Waals surface area contributed by atoms with Crippen LogP contribution in [0.2, 0.25) is 0 Å². The van der Waals surface area contributed by atoms with E-state index in [1.165, 1.54) is 21.3 Å². The molecule has 1 aromatic rings. The molecule has 23 heavy (non-hydrogen) atoms. The van der Waals surface area contributed by atoms with Gasteiger partial charge < -0.3 is 24.1 Å². The predicted octanol–water partition coefficient (Wildman–Crippen LogP) is 2.59. The second-order valence-corrected chi connectivity index (χ2v) is 5.77. The third kappa shape index (κ3) is 4.92. The van der Waals surface area contributed by atoms with Gasteiger partial charge in [-0.2, -0.15) is 0 Å². The molecule has 1 amide bonds. The van der Waals surface area contributed by atoms with E-state index in [2.05, 4.69) is 5.32 Å². The quantitative estimate of drug-likeness (QED) is 0.835. The molecule has 0 aliphatic rings. The lowest BCUT2D eigenvalue weighted by atomic mass is 10.1. The Balaban J connectivity index is 3.30. The third-order valence-electron chi connectivity index (χ3n) is 2.92. The van der Waals surface area contributed by atoms with Crippen LogP contribution in [-0.4, -0.2) is 44.7 Å². The second kappa shape index (κ2) is 7.92. The van der Waals surface area contributed by atoms with Gasteiger partial charge in [0.05, 0.1) is 27.0 Å². The number of methoxy groups -OCH3 is 3. The van der Waals surface area contributed by atoms with E-state index in [1.807, 2.05) is 0 Å². The van der Waals surface area contributed by atoms with Crippen LogP contribution in [0.25, 0.3) is 0 Å². The summed E-state index contributed by atoms with van der Waals surface area (Å²) in [6, 6.07) is 1.59. The lowest BCUT2D eigenvalue weighted by molar-refractivity contribution is 0.0635. The maximum Gasteiger partial charge on any atom is 0.412 e. The zero-order valence-corrected chi connectivity index (χ0v) is 14.5. The van der Waals surface area contributed by atoms with Crippen LogP contribution in [0.4, 0.5) is 10.5 Å². The van der Waals surface area contributed by atoms with Gasteiger partial charge in [0.15, 0.2) is 11.5 Å². The zero-order valence-electron chi connectivity index (χ0n) is 14.5. The molecule has 7 heteroatoms. The number of amides is 1. The summed E-state index contributed by atoms with van der Waals surface area (Å²) >= 11 is 0. The number of rotatable bonds is 6. The number of benzene rings is 1. The first-order chi connectivity index (χ1) is 10.8. The number of nitrogens with one attached hydrogen (secondary N) is 1. The Morgan fingerprint density at radius 3 is 2.17 bits per heavy atom. The minimum absolute atomic E-state index is 0.105. The van der Waals surface area contributed by atoms with Gasteiger partial charge in [0.2, 0.25) is 0 Å². The van der Waals surface area contributed by atoms with Gasteiger partial charge in [-0.15, -0.1) is 0 Å². The Hall–Kier alpha value is -2.15. The number of ether oxygens (including phenoxy) is 4. The van der Waals surface area contributed by atoms with E-state index in [1.54, 1.807) is 26.8 Å². The summed E-state index contributed by atoms with van der Waals surface area (Å²) in [4.78, 5) is 12.0. The fourth-order valence-electron chi connectivity index (χ4n) is 2.13. The fourth-order valence-corrected chi connectivity index (χ4v) is 2.13. The molecule has 1 rings (SSSR count). The highest BCUT2D eigenvalue weighted by atomic mass is 16.6. The third-order valence-corrected chi connectivity index (χ3v) is 2.92. The second-order valence-electron chi connectivity index (χ2n) is 5.77. The first-order valence-electron chi connectivity index (χ1n) is 7.20. The van der Waals surface area contributed by atoms with Crippen molar-refractivity contribution in [1.29, 1.82) is 0 Å². The van der Waals surface area contributed by atoms with Crippen LogP contribution < -0.4 is 19.5 Å². The standard InChI is InChI=1S/C16H25NO6/c1-16(2,3)23-15(19)17-11-9-12(20-4)14(22-6)10(7-8-18)13(11)21-5/h9,18H,7-8H2,1-6H3,(H,17,19). The monoisotopic (exact) mass is 327 g/mol. The zero-order chi connectivity index (χ0) is 17.6. The molecule has 2 N–H and O–H groups in total. The van der Waals surface area contributed by atoms with E-state index in [0.717, 1.165) is 0 Å². The van der Waals surface area contributed by atoms with E-state index < -0.39 is 11.7 Å². The first-order valence-corrected chi connectivity index (χ1v) is 7.20. The minimum Gasteiger partial charge on any atom is -0.494 e. The molecule has 0 heterocycles. The minimum atomic E-state index is -0.623. The molecule has 0 fully saturated rings. The highest BCUT2D eigenvalue weighted by molar-refractivity contribution is 5.88. The summed E-state index contributed by atoms with van der Waals surface area (Å²) in [5.41, 5.74) is 0.354. The highest BCUT2D eigenvalue weighted by Crippen LogP contribution is 2.43. The van der Waals surface area contributed by atoms with Crippen molar-refractivity contribution in [2.45, 2.75) is 32.8 Å². The fraction of sp³-hybridized carbons (Fsp3) is 0.562. The number of aliphatic hydroxyl groups is 1. The SMILES string of the molecule is COc1cc(NC(=O)OC(C)(C)C)c(OC)c(CCO)c1OC. The van der Waals surface area contributed by atoms with Crippen molar-refractivity contribution in [2.75, 3.05) is 33.3 Å². The van der Waals surface area contributed by atoms with Crippen molar-refractivity contribution < 1.29 is 28.8 Å². The molecule has 0 aliphatic heterocycles. The maximum atomic E-state index is 12.0. The highest BCUT2D eigenvalue weighted by Gasteiger charge is 2.23. The summed E-state index contributed by atoms with van der Waals surface area (Å²) in [6.07, 6.45) is -0.329. The van der Waals surface area contributed by atoms with E-state index in [0.29, 0.717) is 28.5 Å². The van der Waals surface area contributed by atoms with Gasteiger partial charge in [-0.25, -0.2) is 4.79 Å². The molecule has 0 spiro atoms. The average Bonchev–Trinajstić information content (AvgIpc) is 2.45. The van der Waals surface area contributed by atoms with Crippen LogP contribution in [-0.2, 0) is 11.2 Å². The Labute approximate surface area is 136 Å². The molecule has 0 unspecified atom stereocenters. The van der Waals surface area contributed by atoms with Crippen LogP contribution in [0, 0.1) is 0 Å². The molecule has 0 aliphatic carbocycles. The molecule has 7 nitrogen and oxygen atoms in total. The maximum absolute atomic E-state index is 12.0. The Morgan fingerprint density at radius 2 is 1.74 bits per heavy atom. The van der Waals surface area contributed by atoms with E-state index in [9.17, 15) is 9.90 Å². The van der Waals surface area contributed by atoms with E-state index in [4.69, 9.17) is 18.9 Å². The predicted molar refractivity (Wildman–Crippen MR) is 86.7 cm³/mol. The van der Waals surface area contributed by atoms with E-state index >= 15 is 0 Å². The lowest BCUT2D eigenvalue weighted by Crippen LogP contribution is -2.27. The van der Waals surface area contributed by atoms with Crippen LogP contribution in [0.1, 0.15) is 26.3 Å². The number of aliphatic hydroxyl groups excluding tert-OH is 1. The molecule has 0 aromatic heterocycles. The normalized spacial score (nSPS) is 10.9. The van der Waals surface area contributed by atoms with Crippen molar-refractivity contribution in [3.05, 3.63) is 11.6 Å². The van der Waals surface area contributed by atoms with Crippen molar-refractivity contribution >= 4 is 11.8 Å². The van der Waals surface area contributed by atoms with Crippen molar-refractivity contribution in [1.82, 2.24) is 0 Å². The van der Waals surface area contributed by atoms with Gasteiger partial charge >= 0.3 is 6.09 Å². The first kappa shape index (κ1) is 18.9. The Morgan fingerprint density at radius 1 is 1.13 bits per heavy atom. The number of carbonyl (C=O) groups is 1. The van der Waals surface area contributed by atoms with E-state index in [-0.39, 0.29) is 13.0 Å². The summed E-state index contributed by atoms with van der Waals surface area (Å²) < 4.78 is 21.3. The number of hydrogen-bond donors (Lipinski definition) is 2. The largest absolute Gasteiger partial charge is 0.494 e. The molecule has 0 saturated heterocycles. The molecule has 0 atom stereocenters. The lowest BCUT2D eigenvalue weighted by Gasteiger charge is -2.22. The Kier molecular flexibility index (Phi) is 6.50. The van der Waals surface area contributed by atoms with Gasteiger partial charge in [0.1, 0.15) is 11.4 Å². The summed E-state index contributed by atoms with van der Waals surface area (Å²) in [5.74, 6) is 1.26. The van der Waals surface area contributed by atoms with Gasteiger partial charge in [0.25, 0.3) is 0 Å². The molecule has 0 radical (unpaired) electrons. The van der Waals surface area contributed by atoms with Gasteiger partial charge in [-0.3, -0.25) is 5.32 Å². The van der Waals surface area contributed by atoms with Crippen molar-refractivity contribution in [3.8, 4) is 17.2 Å². The van der Waals surface area contributed by atoms with Crippen LogP contribution in [0.3, 0.4) is 0 Å². The van der Waals surface area contributed by atoms with Crippen molar-refractivity contribution in [2.24, 2.45) is 0 Å². The summed E-state index contributed by atoms with van der Waals surface area (Å²) in [6.45, 7) is 5.21. The molecular formula is C16H25NO6. The molecule has 0 saturated carbocycles. The van der Waals surface area contributed by atoms with Gasteiger partial charge in [-0.1, -0.05) is 0 Å². The van der Waals surface area contributed by atoms with Gasteiger partial charge in [-0.05, 0) is 20.8 Å². The number of hydrogen-bond acceptors (Lipinski definition) is 6. The van der Waals surface area contributed by atoms with Crippen LogP contribution >= 0.6 is 0 Å². The smallest absolute Gasteiger partial charge is 0.412 e. The molecule has 0 bridgehead atoms. The topological polar surface area (TPSA) is 86.3 Å². The number of anilines is 1. The van der Waals surface area contributed by atoms with Crippen molar-refractivity contribution in [3.63, 3.8) is 0 Å². The van der Waals surface area contributed by atoms with Crippen LogP contribution in [0.5, 0.6) is 17.2 Å². The Bertz CT molecular complexity index is 550. The number of carbonyl (C=O) groups excluding carboxylic acids is 1.